The minimum Gasteiger partial charge on any atom is -0.454 e. The molecular formula is C20H25IN4O3. The Balaban J connectivity index is 0.00000280. The molecule has 0 unspecified atom stereocenters. The number of carbonyl (C=O) groups is 1. The summed E-state index contributed by atoms with van der Waals surface area (Å²) in [6.45, 7) is 3.72. The van der Waals surface area contributed by atoms with E-state index in [4.69, 9.17) is 9.47 Å². The minimum absolute atomic E-state index is 0. The molecule has 2 aromatic carbocycles. The molecule has 1 amide bonds. The molecule has 28 heavy (non-hydrogen) atoms. The first-order valence-corrected chi connectivity index (χ1v) is 9.00. The molecule has 0 aliphatic carbocycles. The number of nitrogens with one attached hydrogen (secondary N) is 3. The molecule has 0 spiro atoms. The first-order valence-electron chi connectivity index (χ1n) is 9.00. The number of fused-ring (bicyclic) bond motifs is 1. The van der Waals surface area contributed by atoms with E-state index in [-0.39, 0.29) is 43.2 Å². The van der Waals surface area contributed by atoms with Gasteiger partial charge in [-0.15, -0.1) is 24.0 Å². The zero-order valence-corrected chi connectivity index (χ0v) is 18.1. The summed E-state index contributed by atoms with van der Waals surface area (Å²) in [5, 5.41) is 9.20. The SMILES string of the molecule is CCNC(=NCC(=O)Nc1ccccc1)NCCc1ccc2c(c1)OCO2.I. The summed E-state index contributed by atoms with van der Waals surface area (Å²) in [5.74, 6) is 2.02. The fourth-order valence-corrected chi connectivity index (χ4v) is 2.64. The fourth-order valence-electron chi connectivity index (χ4n) is 2.64. The van der Waals surface area contributed by atoms with Gasteiger partial charge in [0, 0.05) is 18.8 Å². The van der Waals surface area contributed by atoms with Gasteiger partial charge in [0.05, 0.1) is 0 Å². The van der Waals surface area contributed by atoms with Gasteiger partial charge in [-0.1, -0.05) is 24.3 Å². The van der Waals surface area contributed by atoms with Crippen LogP contribution in [0.1, 0.15) is 12.5 Å². The van der Waals surface area contributed by atoms with Crippen molar-refractivity contribution in [3.8, 4) is 11.5 Å². The van der Waals surface area contributed by atoms with Crippen LogP contribution >= 0.6 is 24.0 Å². The first-order chi connectivity index (χ1) is 13.2. The molecule has 3 N–H and O–H groups in total. The summed E-state index contributed by atoms with van der Waals surface area (Å²) in [5.41, 5.74) is 1.91. The zero-order chi connectivity index (χ0) is 18.9. The van der Waals surface area contributed by atoms with E-state index in [9.17, 15) is 4.79 Å². The number of amides is 1. The van der Waals surface area contributed by atoms with Crippen LogP contribution in [0.15, 0.2) is 53.5 Å². The van der Waals surface area contributed by atoms with E-state index in [1.807, 2.05) is 55.5 Å². The molecule has 0 bridgehead atoms. The lowest BCUT2D eigenvalue weighted by Gasteiger charge is -2.11. The van der Waals surface area contributed by atoms with Crippen LogP contribution in [0.5, 0.6) is 11.5 Å². The predicted molar refractivity (Wildman–Crippen MR) is 121 cm³/mol. The standard InChI is InChI=1S/C20H24N4O3.HI/c1-2-21-20(23-13-19(25)24-16-6-4-3-5-7-16)22-11-10-15-8-9-17-18(12-15)27-14-26-17;/h3-9,12H,2,10-11,13-14H2,1H3,(H,24,25)(H2,21,22,23);1H. The quantitative estimate of drug-likeness (QED) is 0.312. The maximum atomic E-state index is 12.0. The second-order valence-corrected chi connectivity index (χ2v) is 5.97. The van der Waals surface area contributed by atoms with Gasteiger partial charge in [-0.05, 0) is 43.2 Å². The van der Waals surface area contributed by atoms with Crippen LogP contribution in [0.4, 0.5) is 5.69 Å². The molecule has 0 atom stereocenters. The molecule has 7 nitrogen and oxygen atoms in total. The predicted octanol–water partition coefficient (Wildman–Crippen LogP) is 2.77. The fraction of sp³-hybridized carbons (Fsp3) is 0.300. The molecule has 0 aromatic heterocycles. The van der Waals surface area contributed by atoms with Crippen LogP contribution in [0, 0.1) is 0 Å². The first kappa shape index (κ1) is 21.8. The van der Waals surface area contributed by atoms with Gasteiger partial charge < -0.3 is 25.4 Å². The largest absolute Gasteiger partial charge is 0.454 e. The number of halogens is 1. The molecule has 1 aliphatic heterocycles. The Morgan fingerprint density at radius 1 is 1.07 bits per heavy atom. The van der Waals surface area contributed by atoms with Crippen LogP contribution in [0.3, 0.4) is 0 Å². The summed E-state index contributed by atoms with van der Waals surface area (Å²) in [4.78, 5) is 16.4. The van der Waals surface area contributed by atoms with Crippen LogP contribution < -0.4 is 25.4 Å². The average Bonchev–Trinajstić information content (AvgIpc) is 3.15. The van der Waals surface area contributed by atoms with Crippen molar-refractivity contribution in [3.05, 3.63) is 54.1 Å². The Morgan fingerprint density at radius 2 is 1.86 bits per heavy atom. The van der Waals surface area contributed by atoms with E-state index < -0.39 is 0 Å². The third-order valence-electron chi connectivity index (χ3n) is 3.93. The van der Waals surface area contributed by atoms with E-state index in [1.54, 1.807) is 0 Å². The van der Waals surface area contributed by atoms with Crippen molar-refractivity contribution >= 4 is 41.5 Å². The number of hydrogen-bond acceptors (Lipinski definition) is 4. The highest BCUT2D eigenvalue weighted by Crippen LogP contribution is 2.32. The summed E-state index contributed by atoms with van der Waals surface area (Å²) >= 11 is 0. The van der Waals surface area contributed by atoms with Crippen molar-refractivity contribution in [2.75, 3.05) is 31.7 Å². The molecule has 0 radical (unpaired) electrons. The number of nitrogens with zero attached hydrogens (tertiary/aromatic N) is 1. The molecule has 0 saturated carbocycles. The molecule has 1 aliphatic rings. The number of anilines is 1. The highest BCUT2D eigenvalue weighted by molar-refractivity contribution is 14.0. The highest BCUT2D eigenvalue weighted by atomic mass is 127. The Labute approximate surface area is 181 Å². The molecule has 8 heteroatoms. The lowest BCUT2D eigenvalue weighted by molar-refractivity contribution is -0.114. The number of para-hydroxylation sites is 1. The van der Waals surface area contributed by atoms with Gasteiger partial charge in [0.2, 0.25) is 12.7 Å². The summed E-state index contributed by atoms with van der Waals surface area (Å²) in [7, 11) is 0. The van der Waals surface area contributed by atoms with Gasteiger partial charge in [-0.25, -0.2) is 4.99 Å². The second kappa shape index (κ2) is 11.4. The molecule has 2 aromatic rings. The van der Waals surface area contributed by atoms with Gasteiger partial charge in [0.15, 0.2) is 17.5 Å². The lowest BCUT2D eigenvalue weighted by atomic mass is 10.1. The van der Waals surface area contributed by atoms with Crippen molar-refractivity contribution in [2.45, 2.75) is 13.3 Å². The number of ether oxygens (including phenoxy) is 2. The molecule has 1 heterocycles. The maximum Gasteiger partial charge on any atom is 0.246 e. The van der Waals surface area contributed by atoms with Crippen LogP contribution in [-0.4, -0.2) is 38.3 Å². The summed E-state index contributed by atoms with van der Waals surface area (Å²) < 4.78 is 10.7. The Morgan fingerprint density at radius 3 is 2.64 bits per heavy atom. The summed E-state index contributed by atoms with van der Waals surface area (Å²) in [6, 6.07) is 15.3. The van der Waals surface area contributed by atoms with Crippen LogP contribution in [0.2, 0.25) is 0 Å². The number of benzene rings is 2. The second-order valence-electron chi connectivity index (χ2n) is 5.97. The van der Waals surface area contributed by atoms with Crippen molar-refractivity contribution in [1.29, 1.82) is 0 Å². The van der Waals surface area contributed by atoms with Crippen LogP contribution in [0.25, 0.3) is 0 Å². The number of guanidine groups is 1. The normalized spacial score (nSPS) is 12.1. The van der Waals surface area contributed by atoms with Crippen LogP contribution in [-0.2, 0) is 11.2 Å². The molecule has 150 valence electrons. The van der Waals surface area contributed by atoms with E-state index in [1.165, 1.54) is 0 Å². The molecule has 0 fully saturated rings. The van der Waals surface area contributed by atoms with Crippen molar-refractivity contribution in [1.82, 2.24) is 10.6 Å². The minimum atomic E-state index is -0.158. The van der Waals surface area contributed by atoms with Gasteiger partial charge in [0.1, 0.15) is 6.54 Å². The third kappa shape index (κ3) is 6.59. The molecule has 3 rings (SSSR count). The van der Waals surface area contributed by atoms with Gasteiger partial charge in [-0.2, -0.15) is 0 Å². The summed E-state index contributed by atoms with van der Waals surface area (Å²) in [6.07, 6.45) is 0.803. The number of carbonyl (C=O) groups excluding carboxylic acids is 1. The molecular weight excluding hydrogens is 471 g/mol. The van der Waals surface area contributed by atoms with E-state index in [2.05, 4.69) is 20.9 Å². The lowest BCUT2D eigenvalue weighted by Crippen LogP contribution is -2.39. The van der Waals surface area contributed by atoms with Gasteiger partial charge in [0.25, 0.3) is 0 Å². The van der Waals surface area contributed by atoms with Gasteiger partial charge >= 0.3 is 0 Å². The zero-order valence-electron chi connectivity index (χ0n) is 15.7. The van der Waals surface area contributed by atoms with Gasteiger partial charge in [-0.3, -0.25) is 4.79 Å². The maximum absolute atomic E-state index is 12.0. The van der Waals surface area contributed by atoms with Crippen molar-refractivity contribution < 1.29 is 14.3 Å². The highest BCUT2D eigenvalue weighted by Gasteiger charge is 2.13. The Hall–Kier alpha value is -2.49. The Kier molecular flexibility index (Phi) is 8.86. The van der Waals surface area contributed by atoms with E-state index in [0.29, 0.717) is 12.5 Å². The van der Waals surface area contributed by atoms with E-state index in [0.717, 1.165) is 35.7 Å². The monoisotopic (exact) mass is 496 g/mol. The number of hydrogen-bond donors (Lipinski definition) is 3. The van der Waals surface area contributed by atoms with Crippen molar-refractivity contribution in [3.63, 3.8) is 0 Å². The smallest absolute Gasteiger partial charge is 0.246 e. The average molecular weight is 496 g/mol. The number of rotatable bonds is 7. The van der Waals surface area contributed by atoms with Crippen molar-refractivity contribution in [2.24, 2.45) is 4.99 Å². The van der Waals surface area contributed by atoms with E-state index >= 15 is 0 Å². The Bertz CT molecular complexity index is 799. The third-order valence-corrected chi connectivity index (χ3v) is 3.93. The number of aliphatic imine (C=N–C) groups is 1. The topological polar surface area (TPSA) is 84.0 Å². The molecule has 0 saturated heterocycles.